The van der Waals surface area contributed by atoms with Crippen molar-refractivity contribution >= 4 is 65.5 Å². The predicted molar refractivity (Wildman–Crippen MR) is 176 cm³/mol. The quantitative estimate of drug-likeness (QED) is 0.202. The van der Waals surface area contributed by atoms with E-state index in [0.29, 0.717) is 18.1 Å². The van der Waals surface area contributed by atoms with Crippen LogP contribution in [-0.2, 0) is 32.0 Å². The summed E-state index contributed by atoms with van der Waals surface area (Å²) in [6.45, 7) is 7.85. The van der Waals surface area contributed by atoms with Crippen molar-refractivity contribution in [2.75, 3.05) is 11.5 Å². The molecule has 0 aliphatic carbocycles. The highest BCUT2D eigenvalue weighted by atomic mass is 32.2. The molecule has 238 valence electrons. The van der Waals surface area contributed by atoms with Gasteiger partial charge in [0.05, 0.1) is 6.04 Å². The molecule has 6 heterocycles. The molecule has 6 N–H and O–H groups in total. The van der Waals surface area contributed by atoms with E-state index in [1.54, 1.807) is 11.8 Å². The van der Waals surface area contributed by atoms with Crippen LogP contribution < -0.4 is 21.3 Å². The lowest BCUT2D eigenvalue weighted by molar-refractivity contribution is -0.138. The highest BCUT2D eigenvalue weighted by Gasteiger charge is 2.45. The van der Waals surface area contributed by atoms with Gasteiger partial charge in [-0.2, -0.15) is 23.5 Å². The number of aromatic amines is 2. The van der Waals surface area contributed by atoms with Gasteiger partial charge in [0.15, 0.2) is 0 Å². The molecule has 4 aliphatic heterocycles. The van der Waals surface area contributed by atoms with Crippen molar-refractivity contribution in [1.29, 1.82) is 0 Å². The van der Waals surface area contributed by atoms with Crippen LogP contribution in [0.2, 0.25) is 0 Å². The van der Waals surface area contributed by atoms with Crippen LogP contribution in [0.25, 0.3) is 18.2 Å². The zero-order valence-electron chi connectivity index (χ0n) is 25.7. The summed E-state index contributed by atoms with van der Waals surface area (Å²) in [5.41, 5.74) is 7.81. The lowest BCUT2D eigenvalue weighted by Gasteiger charge is -2.12. The van der Waals surface area contributed by atoms with Gasteiger partial charge < -0.3 is 30.8 Å². The Labute approximate surface area is 269 Å². The summed E-state index contributed by atoms with van der Waals surface area (Å²) in [7, 11) is 0. The molecule has 12 heteroatoms. The van der Waals surface area contributed by atoms with Gasteiger partial charge in [-0.05, 0) is 79.7 Å². The zero-order chi connectivity index (χ0) is 32.2. The minimum Gasteiger partial charge on any atom is -0.481 e. The van der Waals surface area contributed by atoms with E-state index < -0.39 is 11.9 Å². The van der Waals surface area contributed by atoms with Crippen LogP contribution >= 0.6 is 23.5 Å². The van der Waals surface area contributed by atoms with Crippen LogP contribution in [0.1, 0.15) is 60.3 Å². The Hall–Kier alpha value is -3.64. The fraction of sp³-hybridized carbons (Fsp3) is 0.455. The average Bonchev–Trinajstić information content (AvgIpc) is 3.89. The molecule has 5 atom stereocenters. The molecule has 0 spiro atoms. The number of aliphatic carboxylic acids is 2. The van der Waals surface area contributed by atoms with Gasteiger partial charge >= 0.3 is 11.9 Å². The number of carboxylic acids is 2. The van der Waals surface area contributed by atoms with Gasteiger partial charge in [0, 0.05) is 80.0 Å². The molecular formula is C33H38N4O6S2. The number of rotatable bonds is 11. The second-order valence-electron chi connectivity index (χ2n) is 12.4. The lowest BCUT2D eigenvalue weighted by atomic mass is 9.91. The molecule has 2 amide bonds. The van der Waals surface area contributed by atoms with Crippen molar-refractivity contribution in [1.82, 2.24) is 20.6 Å². The molecule has 6 rings (SSSR count). The van der Waals surface area contributed by atoms with Crippen molar-refractivity contribution in [2.45, 2.75) is 69.9 Å². The Balaban J connectivity index is 1.45. The number of carbonyl (C=O) groups excluding carboxylic acids is 2. The summed E-state index contributed by atoms with van der Waals surface area (Å²) >= 11 is 3.61. The Morgan fingerprint density at radius 1 is 0.889 bits per heavy atom. The van der Waals surface area contributed by atoms with Crippen molar-refractivity contribution in [2.24, 2.45) is 11.8 Å². The van der Waals surface area contributed by atoms with Crippen molar-refractivity contribution in [3.63, 3.8) is 0 Å². The molecular weight excluding hydrogens is 613 g/mol. The van der Waals surface area contributed by atoms with Crippen LogP contribution in [0.4, 0.5) is 0 Å². The van der Waals surface area contributed by atoms with Crippen LogP contribution in [0, 0.1) is 25.7 Å². The van der Waals surface area contributed by atoms with Crippen molar-refractivity contribution < 1.29 is 29.4 Å². The Kier molecular flexibility index (Phi) is 8.55. The zero-order valence-corrected chi connectivity index (χ0v) is 27.3. The lowest BCUT2D eigenvalue weighted by Crippen LogP contribution is -2.29. The fourth-order valence-corrected chi connectivity index (χ4v) is 8.27. The first-order valence-corrected chi connectivity index (χ1v) is 17.4. The molecule has 3 fully saturated rings. The van der Waals surface area contributed by atoms with Gasteiger partial charge in [-0.25, -0.2) is 0 Å². The number of aromatic nitrogens is 2. The number of amides is 2. The average molecular weight is 651 g/mol. The number of hydrogen-bond donors (Lipinski definition) is 6. The maximum absolute atomic E-state index is 12.7. The maximum atomic E-state index is 12.7. The molecule has 2 aromatic heterocycles. The molecule has 45 heavy (non-hydrogen) atoms. The second-order valence-corrected chi connectivity index (χ2v) is 14.9. The van der Waals surface area contributed by atoms with E-state index in [2.05, 4.69) is 20.6 Å². The summed E-state index contributed by atoms with van der Waals surface area (Å²) in [5.74, 6) is 0.164. The number of carbonyl (C=O) groups is 4. The number of carboxylic acid groups (broad SMARTS) is 2. The fourth-order valence-electron chi connectivity index (χ4n) is 6.63. The Morgan fingerprint density at radius 2 is 1.56 bits per heavy atom. The van der Waals surface area contributed by atoms with E-state index in [1.807, 2.05) is 57.7 Å². The third-order valence-electron chi connectivity index (χ3n) is 9.42. The van der Waals surface area contributed by atoms with Crippen LogP contribution in [0.3, 0.4) is 0 Å². The molecule has 3 saturated heterocycles. The molecule has 2 aromatic rings. The number of hydrogen-bond acceptors (Lipinski definition) is 6. The van der Waals surface area contributed by atoms with E-state index >= 15 is 0 Å². The van der Waals surface area contributed by atoms with E-state index in [0.717, 1.165) is 72.7 Å². The van der Waals surface area contributed by atoms with Crippen LogP contribution in [0.15, 0.2) is 16.8 Å². The molecule has 0 saturated carbocycles. The largest absolute Gasteiger partial charge is 0.481 e. The van der Waals surface area contributed by atoms with Crippen molar-refractivity contribution in [3.8, 4) is 0 Å². The van der Waals surface area contributed by atoms with Crippen LogP contribution in [0.5, 0.6) is 0 Å². The minimum atomic E-state index is -0.900. The Bertz CT molecular complexity index is 1790. The first kappa shape index (κ1) is 31.3. The van der Waals surface area contributed by atoms with Gasteiger partial charge in [0.25, 0.3) is 0 Å². The molecule has 0 aromatic carbocycles. The number of H-pyrrole nitrogens is 2. The minimum absolute atomic E-state index is 0.0149. The monoisotopic (exact) mass is 650 g/mol. The molecule has 10 nitrogen and oxygen atoms in total. The van der Waals surface area contributed by atoms with Gasteiger partial charge in [0.2, 0.25) is 11.8 Å². The Morgan fingerprint density at radius 3 is 2.18 bits per heavy atom. The van der Waals surface area contributed by atoms with Crippen LogP contribution in [-0.4, -0.2) is 72.0 Å². The summed E-state index contributed by atoms with van der Waals surface area (Å²) in [5, 5.41) is 27.3. The van der Waals surface area contributed by atoms with Gasteiger partial charge in [0.1, 0.15) is 0 Å². The maximum Gasteiger partial charge on any atom is 0.303 e. The smallest absolute Gasteiger partial charge is 0.303 e. The van der Waals surface area contributed by atoms with Crippen molar-refractivity contribution in [3.05, 3.63) is 61.2 Å². The first-order chi connectivity index (χ1) is 21.4. The molecule has 0 bridgehead atoms. The normalized spacial score (nSPS) is 27.5. The third-order valence-corrected chi connectivity index (χ3v) is 11.3. The highest BCUT2D eigenvalue weighted by molar-refractivity contribution is 8.07. The number of thioether (sulfide) groups is 2. The molecule has 0 radical (unpaired) electrons. The number of allylic oxidation sites excluding steroid dienone is 1. The summed E-state index contributed by atoms with van der Waals surface area (Å²) in [4.78, 5) is 55.4. The second kappa shape index (κ2) is 12.3. The van der Waals surface area contributed by atoms with E-state index in [1.165, 1.54) is 0 Å². The summed E-state index contributed by atoms with van der Waals surface area (Å²) in [6.07, 6.45) is 6.42. The molecule has 4 aliphatic rings. The topological polar surface area (TPSA) is 164 Å². The molecule has 0 unspecified atom stereocenters. The van der Waals surface area contributed by atoms with Gasteiger partial charge in [-0.15, -0.1) is 0 Å². The summed E-state index contributed by atoms with van der Waals surface area (Å²) in [6, 6.07) is -0.259. The van der Waals surface area contributed by atoms with E-state index in [-0.39, 0.29) is 47.8 Å². The first-order valence-electron chi connectivity index (χ1n) is 15.3. The standard InChI is InChI=1S/C33H38N4O6S2/c1-14-18(5-7-28(38)39)23(34-20(14)9-22-16(3)31(27-13-45-27)33(43)36-22)11-24-19(6-8-29(40)41)15(2)21(35-24)10-25-30(26-12-44-26)17(4)32(42)37-25/h9-11,17,22,26-27,30,34-35H,5-8,12-13H2,1-4H3,(H,36,43)(H,37,42)(H,38,39)(H,40,41)/b20-9+,23-11-,25-10-/t17-,22-,26+,27-,30-/m1/s1. The van der Waals surface area contributed by atoms with Gasteiger partial charge in [-0.3, -0.25) is 19.2 Å². The predicted octanol–water partition coefficient (Wildman–Crippen LogP) is 2.37. The SMILES string of the molecule is CC1=C([C@H]2CS2)C(=O)N[C@@H]1/C=c1/[nH]/c(=C\c2[nH]c(/C=C3\NC(=O)[C@H](C)[C@H]3[C@@H]3CS3)c(C)c2CCC(=O)O)c(CCC(=O)O)c1C. The highest BCUT2D eigenvalue weighted by Crippen LogP contribution is 2.46. The van der Waals surface area contributed by atoms with E-state index in [4.69, 9.17) is 0 Å². The van der Waals surface area contributed by atoms with Gasteiger partial charge in [-0.1, -0.05) is 6.92 Å². The summed E-state index contributed by atoms with van der Waals surface area (Å²) < 4.78 is 0. The number of nitrogens with one attached hydrogen (secondary N) is 4. The van der Waals surface area contributed by atoms with E-state index in [9.17, 15) is 29.4 Å². The third kappa shape index (κ3) is 6.40.